The Labute approximate surface area is 111 Å². The molecular weight excluding hydrogens is 298 g/mol. The Kier molecular flexibility index (Phi) is 2.57. The van der Waals surface area contributed by atoms with Gasteiger partial charge in [0.15, 0.2) is 10.4 Å². The summed E-state index contributed by atoms with van der Waals surface area (Å²) in [6.45, 7) is 0. The number of nitrogens with one attached hydrogen (secondary N) is 1. The quantitative estimate of drug-likeness (QED) is 0.880. The van der Waals surface area contributed by atoms with Crippen molar-refractivity contribution in [3.63, 3.8) is 0 Å². The zero-order valence-corrected chi connectivity index (χ0v) is 10.8. The first-order chi connectivity index (χ1) is 8.67. The monoisotopic (exact) mass is 307 g/mol. The summed E-state index contributed by atoms with van der Waals surface area (Å²) >= 11 is 3.24. The second-order valence-corrected chi connectivity index (χ2v) is 4.56. The lowest BCUT2D eigenvalue weighted by atomic mass is 10.2. The molecule has 3 heterocycles. The second kappa shape index (κ2) is 4.11. The smallest absolute Gasteiger partial charge is 0.243 e. The molecule has 18 heavy (non-hydrogen) atoms. The molecule has 0 bridgehead atoms. The topological polar surface area (TPSA) is 81.4 Å². The molecule has 2 aromatic heterocycles. The first-order valence-electron chi connectivity index (χ1n) is 5.26. The van der Waals surface area contributed by atoms with E-state index in [1.165, 1.54) is 0 Å². The SMILES string of the molecule is NC1(c2ccc(Br)o2)N=CC=C(n2cccn2)N1. The van der Waals surface area contributed by atoms with Gasteiger partial charge in [0.05, 0.1) is 0 Å². The Balaban J connectivity index is 1.94. The molecule has 0 saturated carbocycles. The fourth-order valence-electron chi connectivity index (χ4n) is 1.68. The maximum absolute atomic E-state index is 6.18. The molecule has 0 aromatic carbocycles. The van der Waals surface area contributed by atoms with Crippen LogP contribution in [0.4, 0.5) is 0 Å². The van der Waals surface area contributed by atoms with Gasteiger partial charge < -0.3 is 9.73 Å². The molecule has 3 rings (SSSR count). The summed E-state index contributed by atoms with van der Waals surface area (Å²) in [5, 5.41) is 7.22. The molecule has 0 amide bonds. The van der Waals surface area contributed by atoms with Gasteiger partial charge in [-0.3, -0.25) is 5.73 Å². The van der Waals surface area contributed by atoms with E-state index >= 15 is 0 Å². The number of aromatic nitrogens is 2. The van der Waals surface area contributed by atoms with Gasteiger partial charge in [-0.05, 0) is 40.2 Å². The number of furan rings is 1. The van der Waals surface area contributed by atoms with Gasteiger partial charge in [0, 0.05) is 18.6 Å². The van der Waals surface area contributed by atoms with Gasteiger partial charge in [0.2, 0.25) is 5.79 Å². The Bertz CT molecular complexity index is 615. The molecule has 92 valence electrons. The summed E-state index contributed by atoms with van der Waals surface area (Å²) in [4.78, 5) is 4.21. The van der Waals surface area contributed by atoms with Gasteiger partial charge in [-0.1, -0.05) is 0 Å². The van der Waals surface area contributed by atoms with E-state index in [4.69, 9.17) is 10.2 Å². The average molecular weight is 308 g/mol. The van der Waals surface area contributed by atoms with Crippen LogP contribution in [-0.2, 0) is 5.79 Å². The molecule has 1 unspecified atom stereocenters. The molecular formula is C11H10BrN5O. The minimum absolute atomic E-state index is 0.517. The molecule has 7 heteroatoms. The maximum atomic E-state index is 6.18. The maximum Gasteiger partial charge on any atom is 0.243 e. The summed E-state index contributed by atoms with van der Waals surface area (Å²) in [6, 6.07) is 5.36. The fourth-order valence-corrected chi connectivity index (χ4v) is 1.99. The van der Waals surface area contributed by atoms with Crippen molar-refractivity contribution in [1.82, 2.24) is 15.1 Å². The highest BCUT2D eigenvalue weighted by Gasteiger charge is 2.32. The normalized spacial score (nSPS) is 22.7. The Morgan fingerprint density at radius 3 is 3.00 bits per heavy atom. The number of halogens is 1. The van der Waals surface area contributed by atoms with E-state index in [2.05, 4.69) is 31.3 Å². The van der Waals surface area contributed by atoms with Gasteiger partial charge in [0.1, 0.15) is 5.82 Å². The van der Waals surface area contributed by atoms with Crippen LogP contribution in [-0.4, -0.2) is 16.0 Å². The van der Waals surface area contributed by atoms with Crippen LogP contribution >= 0.6 is 15.9 Å². The predicted octanol–water partition coefficient (Wildman–Crippen LogP) is 1.48. The Morgan fingerprint density at radius 2 is 2.33 bits per heavy atom. The van der Waals surface area contributed by atoms with Crippen LogP contribution in [0.1, 0.15) is 5.76 Å². The summed E-state index contributed by atoms with van der Waals surface area (Å²) in [5.41, 5.74) is 6.18. The zero-order valence-electron chi connectivity index (χ0n) is 9.25. The fraction of sp³-hybridized carbons (Fsp3) is 0.0909. The number of hydrogen-bond donors (Lipinski definition) is 2. The van der Waals surface area contributed by atoms with Crippen LogP contribution in [0.2, 0.25) is 0 Å². The van der Waals surface area contributed by atoms with Crippen molar-refractivity contribution >= 4 is 28.0 Å². The number of rotatable bonds is 2. The third kappa shape index (κ3) is 1.87. The van der Waals surface area contributed by atoms with E-state index in [0.717, 1.165) is 5.82 Å². The molecule has 0 saturated heterocycles. The molecule has 1 aliphatic heterocycles. The number of aliphatic imine (C=N–C) groups is 1. The van der Waals surface area contributed by atoms with Crippen LogP contribution in [0.25, 0.3) is 5.82 Å². The van der Waals surface area contributed by atoms with Crippen molar-refractivity contribution in [3.8, 4) is 0 Å². The van der Waals surface area contributed by atoms with E-state index in [1.54, 1.807) is 35.3 Å². The summed E-state index contributed by atoms with van der Waals surface area (Å²) < 4.78 is 7.73. The lowest BCUT2D eigenvalue weighted by Gasteiger charge is -2.28. The van der Waals surface area contributed by atoms with Crippen molar-refractivity contribution in [3.05, 3.63) is 47.1 Å². The molecule has 1 aliphatic rings. The molecule has 0 spiro atoms. The first-order valence-corrected chi connectivity index (χ1v) is 6.05. The summed E-state index contributed by atoms with van der Waals surface area (Å²) in [6.07, 6.45) is 6.92. The van der Waals surface area contributed by atoms with Crippen molar-refractivity contribution in [2.75, 3.05) is 0 Å². The molecule has 0 aliphatic carbocycles. The highest BCUT2D eigenvalue weighted by atomic mass is 79.9. The van der Waals surface area contributed by atoms with Crippen LogP contribution in [0.3, 0.4) is 0 Å². The minimum atomic E-state index is -1.12. The van der Waals surface area contributed by atoms with Crippen LogP contribution in [0.15, 0.2) is 50.7 Å². The second-order valence-electron chi connectivity index (χ2n) is 3.78. The largest absolute Gasteiger partial charge is 0.448 e. The first kappa shape index (κ1) is 11.2. The average Bonchev–Trinajstić information content (AvgIpc) is 2.99. The zero-order chi connectivity index (χ0) is 12.6. The van der Waals surface area contributed by atoms with Crippen LogP contribution in [0, 0.1) is 0 Å². The Morgan fingerprint density at radius 1 is 1.44 bits per heavy atom. The number of nitrogens with zero attached hydrogens (tertiary/aromatic N) is 3. The lowest BCUT2D eigenvalue weighted by Crippen LogP contribution is -2.50. The molecule has 0 radical (unpaired) electrons. The van der Waals surface area contributed by atoms with Gasteiger partial charge in [0.25, 0.3) is 0 Å². The van der Waals surface area contributed by atoms with Gasteiger partial charge in [-0.15, -0.1) is 0 Å². The van der Waals surface area contributed by atoms with Crippen molar-refractivity contribution in [1.29, 1.82) is 0 Å². The van der Waals surface area contributed by atoms with Crippen LogP contribution in [0.5, 0.6) is 0 Å². The number of hydrogen-bond acceptors (Lipinski definition) is 5. The van der Waals surface area contributed by atoms with Crippen molar-refractivity contribution in [2.24, 2.45) is 10.7 Å². The van der Waals surface area contributed by atoms with E-state index in [1.807, 2.05) is 12.3 Å². The standard InChI is InChI=1S/C11H10BrN5O/c12-9-3-2-8(18-9)11(13)14-6-4-10(16-11)17-7-1-5-15-17/h1-7,16H,13H2. The van der Waals surface area contributed by atoms with E-state index < -0.39 is 5.79 Å². The molecule has 0 fully saturated rings. The van der Waals surface area contributed by atoms with Gasteiger partial charge in [-0.25, -0.2) is 9.67 Å². The molecule has 1 atom stereocenters. The molecule has 6 nitrogen and oxygen atoms in total. The summed E-state index contributed by atoms with van der Waals surface area (Å²) in [5.74, 6) is 0.121. The summed E-state index contributed by atoms with van der Waals surface area (Å²) in [7, 11) is 0. The third-order valence-electron chi connectivity index (χ3n) is 2.53. The van der Waals surface area contributed by atoms with E-state index in [-0.39, 0.29) is 0 Å². The van der Waals surface area contributed by atoms with Crippen LogP contribution < -0.4 is 11.1 Å². The third-order valence-corrected chi connectivity index (χ3v) is 2.96. The molecule has 3 N–H and O–H groups in total. The molecule has 2 aromatic rings. The number of nitrogens with two attached hydrogens (primary N) is 1. The Hall–Kier alpha value is -1.86. The van der Waals surface area contributed by atoms with E-state index in [9.17, 15) is 0 Å². The van der Waals surface area contributed by atoms with Crippen molar-refractivity contribution in [2.45, 2.75) is 5.79 Å². The highest BCUT2D eigenvalue weighted by Crippen LogP contribution is 2.25. The minimum Gasteiger partial charge on any atom is -0.448 e. The lowest BCUT2D eigenvalue weighted by molar-refractivity contribution is 0.314. The van der Waals surface area contributed by atoms with Crippen molar-refractivity contribution < 1.29 is 4.42 Å². The van der Waals surface area contributed by atoms with Gasteiger partial charge >= 0.3 is 0 Å². The van der Waals surface area contributed by atoms with Gasteiger partial charge in [-0.2, -0.15) is 5.10 Å². The van der Waals surface area contributed by atoms with E-state index in [0.29, 0.717) is 10.4 Å². The highest BCUT2D eigenvalue weighted by molar-refractivity contribution is 9.10. The predicted molar refractivity (Wildman–Crippen MR) is 70.4 cm³/mol. The number of allylic oxidation sites excluding steroid dienone is 1.